The fourth-order valence-electron chi connectivity index (χ4n) is 2.04. The molecule has 6 heteroatoms. The molecule has 22 heavy (non-hydrogen) atoms. The van der Waals surface area contributed by atoms with Crippen LogP contribution in [-0.2, 0) is 12.3 Å². The Kier molecular flexibility index (Phi) is 4.68. The van der Waals surface area contributed by atoms with E-state index in [0.29, 0.717) is 0 Å². The van der Waals surface area contributed by atoms with Crippen LogP contribution in [0, 0.1) is 6.07 Å². The van der Waals surface area contributed by atoms with E-state index in [1.54, 1.807) is 24.3 Å². The van der Waals surface area contributed by atoms with E-state index in [4.69, 9.17) is 0 Å². The molecule has 0 heterocycles. The Morgan fingerprint density at radius 1 is 0.909 bits per heavy atom. The Hall–Kier alpha value is -2.11. The van der Waals surface area contributed by atoms with Crippen molar-refractivity contribution in [1.82, 2.24) is 0 Å². The molecule has 0 saturated carbocycles. The van der Waals surface area contributed by atoms with Crippen molar-refractivity contribution in [2.75, 3.05) is 11.9 Å². The van der Waals surface area contributed by atoms with E-state index < -0.39 is 17.7 Å². The highest BCUT2D eigenvalue weighted by Gasteiger charge is 2.59. The fraction of sp³-hybridized carbons (Fsp3) is 0.250. The number of rotatable bonds is 5. The number of hydrogen-bond donors (Lipinski definition) is 1. The lowest BCUT2D eigenvalue weighted by Crippen LogP contribution is -2.34. The molecule has 1 N–H and O–H groups in total. The van der Waals surface area contributed by atoms with Gasteiger partial charge < -0.3 is 5.32 Å². The van der Waals surface area contributed by atoms with Gasteiger partial charge in [0.25, 0.3) is 0 Å². The molecule has 0 bridgehead atoms. The monoisotopic (exact) mass is 314 g/mol. The first-order valence-electron chi connectivity index (χ1n) is 6.55. The molecule has 0 aliphatic carbocycles. The molecule has 0 aliphatic rings. The van der Waals surface area contributed by atoms with Crippen LogP contribution in [0.15, 0.2) is 48.5 Å². The molecule has 1 nitrogen and oxygen atoms in total. The molecular formula is C16H13F5N. The minimum Gasteiger partial charge on any atom is -0.385 e. The number of hydrogen-bond acceptors (Lipinski definition) is 1. The lowest BCUT2D eigenvalue weighted by atomic mass is 9.98. The van der Waals surface area contributed by atoms with Crippen molar-refractivity contribution in [1.29, 1.82) is 0 Å². The van der Waals surface area contributed by atoms with E-state index in [1.807, 2.05) is 0 Å². The topological polar surface area (TPSA) is 12.0 Å². The van der Waals surface area contributed by atoms with E-state index in [9.17, 15) is 22.0 Å². The highest BCUT2D eigenvalue weighted by atomic mass is 19.4. The average molecular weight is 314 g/mol. The van der Waals surface area contributed by atoms with E-state index in [2.05, 4.69) is 11.4 Å². The van der Waals surface area contributed by atoms with Crippen LogP contribution in [0.2, 0.25) is 0 Å². The van der Waals surface area contributed by atoms with E-state index in [1.165, 1.54) is 18.2 Å². The summed E-state index contributed by atoms with van der Waals surface area (Å²) in [7, 11) is 0. The van der Waals surface area contributed by atoms with Gasteiger partial charge in [0.1, 0.15) is 0 Å². The maximum absolute atomic E-state index is 13.5. The number of benzene rings is 2. The molecule has 0 aliphatic heterocycles. The molecule has 0 amide bonds. The van der Waals surface area contributed by atoms with Crippen LogP contribution in [0.5, 0.6) is 0 Å². The van der Waals surface area contributed by atoms with Crippen molar-refractivity contribution < 1.29 is 22.0 Å². The highest BCUT2D eigenvalue weighted by Crippen LogP contribution is 2.45. The van der Waals surface area contributed by atoms with Crippen molar-refractivity contribution in [3.8, 4) is 0 Å². The Morgan fingerprint density at radius 3 is 2.18 bits per heavy atom. The zero-order chi connectivity index (χ0) is 16.2. The Labute approximate surface area is 124 Å². The highest BCUT2D eigenvalue weighted by molar-refractivity contribution is 5.42. The van der Waals surface area contributed by atoms with Crippen molar-refractivity contribution in [3.05, 3.63) is 65.7 Å². The second kappa shape index (κ2) is 6.34. The van der Waals surface area contributed by atoms with Crippen LogP contribution in [0.4, 0.5) is 27.6 Å². The minimum atomic E-state index is -5.61. The quantitative estimate of drug-likeness (QED) is 0.782. The first kappa shape index (κ1) is 16.3. The van der Waals surface area contributed by atoms with Crippen molar-refractivity contribution in [3.63, 3.8) is 0 Å². The van der Waals surface area contributed by atoms with Crippen LogP contribution < -0.4 is 5.32 Å². The van der Waals surface area contributed by atoms with Gasteiger partial charge in [-0.3, -0.25) is 0 Å². The maximum atomic E-state index is 13.5. The maximum Gasteiger partial charge on any atom is 0.458 e. The van der Waals surface area contributed by atoms with Crippen LogP contribution >= 0.6 is 0 Å². The smallest absolute Gasteiger partial charge is 0.385 e. The van der Waals surface area contributed by atoms with Crippen LogP contribution in [0.25, 0.3) is 0 Å². The molecule has 1 radical (unpaired) electrons. The summed E-state index contributed by atoms with van der Waals surface area (Å²) < 4.78 is 64.6. The third-order valence-corrected chi connectivity index (χ3v) is 3.15. The molecule has 2 aromatic carbocycles. The molecule has 0 aromatic heterocycles. The lowest BCUT2D eigenvalue weighted by Gasteiger charge is -2.22. The molecule has 117 valence electrons. The number of nitrogens with one attached hydrogen (secondary N) is 1. The summed E-state index contributed by atoms with van der Waals surface area (Å²) in [6.45, 7) is 0.245. The summed E-state index contributed by atoms with van der Waals surface area (Å²) in [6.07, 6.45) is -5.55. The van der Waals surface area contributed by atoms with Crippen molar-refractivity contribution in [2.24, 2.45) is 0 Å². The number of anilines is 1. The minimum absolute atomic E-state index is 0.0279. The van der Waals surface area contributed by atoms with Gasteiger partial charge in [-0.05, 0) is 30.2 Å². The van der Waals surface area contributed by atoms with Gasteiger partial charge in [0, 0.05) is 17.8 Å². The van der Waals surface area contributed by atoms with Crippen molar-refractivity contribution in [2.45, 2.75) is 18.5 Å². The third-order valence-electron chi connectivity index (χ3n) is 3.15. The predicted octanol–water partition coefficient (Wildman–Crippen LogP) is 4.80. The summed E-state index contributed by atoms with van der Waals surface area (Å²) >= 11 is 0. The fourth-order valence-corrected chi connectivity index (χ4v) is 2.04. The Morgan fingerprint density at radius 2 is 1.55 bits per heavy atom. The lowest BCUT2D eigenvalue weighted by molar-refractivity contribution is -0.289. The van der Waals surface area contributed by atoms with E-state index in [0.717, 1.165) is 11.8 Å². The van der Waals surface area contributed by atoms with Gasteiger partial charge in [-0.15, -0.1) is 0 Å². The molecule has 0 fully saturated rings. The molecule has 0 spiro atoms. The van der Waals surface area contributed by atoms with Crippen LogP contribution in [-0.4, -0.2) is 12.7 Å². The first-order chi connectivity index (χ1) is 10.3. The molecule has 2 aromatic rings. The molecular weight excluding hydrogens is 301 g/mol. The van der Waals surface area contributed by atoms with Gasteiger partial charge in [-0.2, -0.15) is 22.0 Å². The molecule has 0 atom stereocenters. The molecule has 0 unspecified atom stereocenters. The first-order valence-corrected chi connectivity index (χ1v) is 6.55. The molecule has 2 rings (SSSR count). The van der Waals surface area contributed by atoms with Gasteiger partial charge in [0.05, 0.1) is 0 Å². The summed E-state index contributed by atoms with van der Waals surface area (Å²) in [5.74, 6) is -4.86. The van der Waals surface area contributed by atoms with Gasteiger partial charge >= 0.3 is 12.1 Å². The van der Waals surface area contributed by atoms with Gasteiger partial charge in [0.15, 0.2) is 0 Å². The molecule has 0 saturated heterocycles. The SMILES string of the molecule is FC(F)(F)C(F)(F)c1ccccc1CCNc1cc[c]cc1. The summed E-state index contributed by atoms with van der Waals surface area (Å²) in [5, 5.41) is 2.96. The second-order valence-electron chi connectivity index (χ2n) is 4.69. The van der Waals surface area contributed by atoms with E-state index in [-0.39, 0.29) is 18.5 Å². The van der Waals surface area contributed by atoms with Gasteiger partial charge in [-0.1, -0.05) is 36.4 Å². The van der Waals surface area contributed by atoms with Gasteiger partial charge in [0.2, 0.25) is 0 Å². The summed E-state index contributed by atoms with van der Waals surface area (Å²) in [5.41, 5.74) is -0.274. The third kappa shape index (κ3) is 3.55. The Bertz CT molecular complexity index is 607. The van der Waals surface area contributed by atoms with Crippen LogP contribution in [0.3, 0.4) is 0 Å². The van der Waals surface area contributed by atoms with E-state index >= 15 is 0 Å². The normalized spacial score (nSPS) is 12.2. The zero-order valence-corrected chi connectivity index (χ0v) is 11.4. The van der Waals surface area contributed by atoms with Gasteiger partial charge in [-0.25, -0.2) is 0 Å². The zero-order valence-electron chi connectivity index (χ0n) is 11.4. The standard InChI is InChI=1S/C16H13F5N/c17-15(18,16(19,20)21)14-9-5-4-6-12(14)10-11-22-13-7-2-1-3-8-13/h2-9,22H,10-11H2. The summed E-state index contributed by atoms with van der Waals surface area (Å²) in [6, 6.07) is 14.4. The average Bonchev–Trinajstić information content (AvgIpc) is 2.47. The van der Waals surface area contributed by atoms with Crippen molar-refractivity contribution >= 4 is 5.69 Å². The Balaban J connectivity index is 2.12. The summed E-state index contributed by atoms with van der Waals surface area (Å²) in [4.78, 5) is 0. The van der Waals surface area contributed by atoms with Crippen LogP contribution in [0.1, 0.15) is 11.1 Å². The number of halogens is 5. The second-order valence-corrected chi connectivity index (χ2v) is 4.69. The number of alkyl halides is 5. The largest absolute Gasteiger partial charge is 0.458 e. The predicted molar refractivity (Wildman–Crippen MR) is 73.9 cm³/mol.